The number of anilines is 3. The summed E-state index contributed by atoms with van der Waals surface area (Å²) in [6, 6.07) is 29.8. The summed E-state index contributed by atoms with van der Waals surface area (Å²) in [6.45, 7) is 4.27. The minimum Gasteiger partial charge on any atom is -0.364 e. The van der Waals surface area contributed by atoms with Crippen LogP contribution in [-0.4, -0.2) is 4.98 Å². The lowest BCUT2D eigenvalue weighted by Gasteiger charge is -2.25. The Morgan fingerprint density at radius 2 is 1.12 bits per heavy atom. The standard InChI is InChI=1S/C24H22N2/c1-18-17-25-19(2)24(18)20-13-15-23(16-14-20)26(21-9-5-3-6-10-21)22-11-7-4-8-12-22/h3-17,25H,1-2H3. The van der Waals surface area contributed by atoms with Crippen LogP contribution < -0.4 is 4.90 Å². The average Bonchev–Trinajstić information content (AvgIpc) is 3.03. The molecule has 26 heavy (non-hydrogen) atoms. The van der Waals surface area contributed by atoms with Crippen molar-refractivity contribution in [2.75, 3.05) is 4.90 Å². The highest BCUT2D eigenvalue weighted by molar-refractivity contribution is 5.79. The van der Waals surface area contributed by atoms with Gasteiger partial charge in [-0.3, -0.25) is 0 Å². The number of H-pyrrole nitrogens is 1. The number of aryl methyl sites for hydroxylation is 2. The number of aromatic amines is 1. The van der Waals surface area contributed by atoms with E-state index in [1.807, 2.05) is 12.1 Å². The molecule has 0 atom stereocenters. The molecular weight excluding hydrogens is 316 g/mol. The predicted molar refractivity (Wildman–Crippen MR) is 110 cm³/mol. The van der Waals surface area contributed by atoms with Gasteiger partial charge in [0.25, 0.3) is 0 Å². The monoisotopic (exact) mass is 338 g/mol. The molecule has 0 fully saturated rings. The van der Waals surface area contributed by atoms with Crippen molar-refractivity contribution in [1.82, 2.24) is 4.98 Å². The van der Waals surface area contributed by atoms with Crippen molar-refractivity contribution in [2.45, 2.75) is 13.8 Å². The van der Waals surface area contributed by atoms with Gasteiger partial charge in [-0.1, -0.05) is 48.5 Å². The average molecular weight is 338 g/mol. The number of para-hydroxylation sites is 2. The van der Waals surface area contributed by atoms with E-state index in [1.54, 1.807) is 0 Å². The molecule has 0 aliphatic rings. The summed E-state index contributed by atoms with van der Waals surface area (Å²) in [4.78, 5) is 5.59. The molecule has 1 aromatic heterocycles. The molecule has 0 bridgehead atoms. The van der Waals surface area contributed by atoms with Gasteiger partial charge in [0.2, 0.25) is 0 Å². The van der Waals surface area contributed by atoms with Crippen LogP contribution in [0.2, 0.25) is 0 Å². The van der Waals surface area contributed by atoms with Gasteiger partial charge >= 0.3 is 0 Å². The first-order valence-electron chi connectivity index (χ1n) is 8.89. The quantitative estimate of drug-likeness (QED) is 0.435. The molecule has 0 spiro atoms. The molecule has 3 aromatic carbocycles. The maximum Gasteiger partial charge on any atom is 0.0462 e. The number of aromatic nitrogens is 1. The van der Waals surface area contributed by atoms with Gasteiger partial charge in [0, 0.05) is 34.5 Å². The first kappa shape index (κ1) is 16.2. The van der Waals surface area contributed by atoms with Crippen LogP contribution in [0.1, 0.15) is 11.3 Å². The van der Waals surface area contributed by atoms with Crippen LogP contribution in [0.25, 0.3) is 11.1 Å². The minimum absolute atomic E-state index is 1.15. The zero-order valence-electron chi connectivity index (χ0n) is 15.1. The van der Waals surface area contributed by atoms with Gasteiger partial charge < -0.3 is 9.88 Å². The fourth-order valence-electron chi connectivity index (χ4n) is 3.48. The Morgan fingerprint density at radius 1 is 0.615 bits per heavy atom. The lowest BCUT2D eigenvalue weighted by molar-refractivity contribution is 1.26. The van der Waals surface area contributed by atoms with Crippen LogP contribution in [0.4, 0.5) is 17.1 Å². The lowest BCUT2D eigenvalue weighted by Crippen LogP contribution is -2.09. The van der Waals surface area contributed by atoms with Crippen molar-refractivity contribution in [3.05, 3.63) is 102 Å². The molecule has 0 unspecified atom stereocenters. The largest absolute Gasteiger partial charge is 0.364 e. The third-order valence-electron chi connectivity index (χ3n) is 4.72. The second-order valence-corrected chi connectivity index (χ2v) is 6.53. The minimum atomic E-state index is 1.15. The van der Waals surface area contributed by atoms with E-state index >= 15 is 0 Å². The van der Waals surface area contributed by atoms with E-state index in [4.69, 9.17) is 0 Å². The second-order valence-electron chi connectivity index (χ2n) is 6.53. The summed E-state index contributed by atoms with van der Waals surface area (Å²) in [7, 11) is 0. The Balaban J connectivity index is 1.78. The highest BCUT2D eigenvalue weighted by Gasteiger charge is 2.13. The highest BCUT2D eigenvalue weighted by atomic mass is 15.1. The molecule has 0 saturated carbocycles. The summed E-state index contributed by atoms with van der Waals surface area (Å²) in [5.41, 5.74) is 8.47. The van der Waals surface area contributed by atoms with Crippen LogP contribution in [-0.2, 0) is 0 Å². The van der Waals surface area contributed by atoms with Crippen molar-refractivity contribution in [3.8, 4) is 11.1 Å². The van der Waals surface area contributed by atoms with E-state index in [0.717, 1.165) is 17.1 Å². The highest BCUT2D eigenvalue weighted by Crippen LogP contribution is 2.36. The smallest absolute Gasteiger partial charge is 0.0462 e. The Morgan fingerprint density at radius 3 is 1.58 bits per heavy atom. The molecule has 0 aliphatic heterocycles. The zero-order chi connectivity index (χ0) is 17.9. The van der Waals surface area contributed by atoms with Crippen LogP contribution in [0.15, 0.2) is 91.1 Å². The van der Waals surface area contributed by atoms with Gasteiger partial charge in [-0.15, -0.1) is 0 Å². The molecule has 1 N–H and O–H groups in total. The molecule has 4 aromatic rings. The first-order valence-corrected chi connectivity index (χ1v) is 8.89. The van der Waals surface area contributed by atoms with Crippen molar-refractivity contribution < 1.29 is 0 Å². The number of nitrogens with zero attached hydrogens (tertiary/aromatic N) is 1. The fourth-order valence-corrected chi connectivity index (χ4v) is 3.48. The Kier molecular flexibility index (Phi) is 4.32. The van der Waals surface area contributed by atoms with E-state index < -0.39 is 0 Å². The van der Waals surface area contributed by atoms with Gasteiger partial charge in [0.05, 0.1) is 0 Å². The second kappa shape index (κ2) is 6.93. The fraction of sp³-hybridized carbons (Fsp3) is 0.0833. The van der Waals surface area contributed by atoms with Gasteiger partial charge in [0.1, 0.15) is 0 Å². The number of rotatable bonds is 4. The molecule has 128 valence electrons. The predicted octanol–water partition coefficient (Wildman–Crippen LogP) is 6.77. The molecule has 1 heterocycles. The Hall–Kier alpha value is -3.26. The van der Waals surface area contributed by atoms with Crippen molar-refractivity contribution in [1.29, 1.82) is 0 Å². The molecule has 0 radical (unpaired) electrons. The number of hydrogen-bond donors (Lipinski definition) is 1. The maximum absolute atomic E-state index is 3.31. The SMILES string of the molecule is Cc1c[nH]c(C)c1-c1ccc(N(c2ccccc2)c2ccccc2)cc1. The van der Waals surface area contributed by atoms with Gasteiger partial charge in [-0.25, -0.2) is 0 Å². The van der Waals surface area contributed by atoms with Crippen molar-refractivity contribution >= 4 is 17.1 Å². The maximum atomic E-state index is 3.31. The van der Waals surface area contributed by atoms with Crippen molar-refractivity contribution in [3.63, 3.8) is 0 Å². The third-order valence-corrected chi connectivity index (χ3v) is 4.72. The van der Waals surface area contributed by atoms with Crippen molar-refractivity contribution in [2.24, 2.45) is 0 Å². The first-order chi connectivity index (χ1) is 12.7. The molecule has 0 amide bonds. The third kappa shape index (κ3) is 3.02. The van der Waals surface area contributed by atoms with Gasteiger partial charge in [0.15, 0.2) is 0 Å². The van der Waals surface area contributed by atoms with Gasteiger partial charge in [-0.2, -0.15) is 0 Å². The van der Waals surface area contributed by atoms with E-state index in [1.165, 1.54) is 22.4 Å². The van der Waals surface area contributed by atoms with E-state index in [9.17, 15) is 0 Å². The van der Waals surface area contributed by atoms with Crippen LogP contribution >= 0.6 is 0 Å². The summed E-state index contributed by atoms with van der Waals surface area (Å²) in [5, 5.41) is 0. The molecule has 4 rings (SSSR count). The summed E-state index contributed by atoms with van der Waals surface area (Å²) >= 11 is 0. The van der Waals surface area contributed by atoms with Crippen LogP contribution in [0.5, 0.6) is 0 Å². The van der Waals surface area contributed by atoms with E-state index in [0.29, 0.717) is 0 Å². The number of benzene rings is 3. The zero-order valence-corrected chi connectivity index (χ0v) is 15.1. The topological polar surface area (TPSA) is 19.0 Å². The lowest BCUT2D eigenvalue weighted by atomic mass is 10.0. The van der Waals surface area contributed by atoms with E-state index in [2.05, 4.69) is 103 Å². The summed E-state index contributed by atoms with van der Waals surface area (Å²) < 4.78 is 0. The Bertz CT molecular complexity index is 925. The summed E-state index contributed by atoms with van der Waals surface area (Å²) in [6.07, 6.45) is 2.07. The molecular formula is C24H22N2. The molecule has 2 heteroatoms. The van der Waals surface area contributed by atoms with Crippen LogP contribution in [0.3, 0.4) is 0 Å². The summed E-state index contributed by atoms with van der Waals surface area (Å²) in [5.74, 6) is 0. The van der Waals surface area contributed by atoms with E-state index in [-0.39, 0.29) is 0 Å². The molecule has 0 saturated heterocycles. The molecule has 0 aliphatic carbocycles. The Labute approximate surface area is 154 Å². The number of hydrogen-bond acceptors (Lipinski definition) is 1. The van der Waals surface area contributed by atoms with Crippen LogP contribution in [0, 0.1) is 13.8 Å². The number of nitrogens with one attached hydrogen (secondary N) is 1. The molecule has 2 nitrogen and oxygen atoms in total. The van der Waals surface area contributed by atoms with Gasteiger partial charge in [-0.05, 0) is 61.4 Å². The normalized spacial score (nSPS) is 10.7.